The van der Waals surface area contributed by atoms with Crippen molar-refractivity contribution in [2.24, 2.45) is 0 Å². The Morgan fingerprint density at radius 2 is 1.60 bits per heavy atom. The summed E-state index contributed by atoms with van der Waals surface area (Å²) in [4.78, 5) is 23.3. The Kier molecular flexibility index (Phi) is 8.38. The number of fused-ring (bicyclic) bond motifs is 3. The normalized spacial score (nSPS) is 24.3. The van der Waals surface area contributed by atoms with Gasteiger partial charge in [0, 0.05) is 42.8 Å². The van der Waals surface area contributed by atoms with E-state index < -0.39 is 10.0 Å². The van der Waals surface area contributed by atoms with Crippen molar-refractivity contribution in [1.82, 2.24) is 24.1 Å². The topological polar surface area (TPSA) is 87.5 Å². The molecule has 4 fully saturated rings. The van der Waals surface area contributed by atoms with E-state index in [9.17, 15) is 13.2 Å². The van der Waals surface area contributed by atoms with Crippen molar-refractivity contribution in [2.45, 2.75) is 99.2 Å². The number of sulfonamides is 1. The molecule has 1 aromatic heterocycles. The van der Waals surface area contributed by atoms with Gasteiger partial charge >= 0.3 is 0 Å². The smallest absolute Gasteiger partial charge is 0.253 e. The lowest BCUT2D eigenvalue weighted by molar-refractivity contribution is 0.0606. The molecule has 8 nitrogen and oxygen atoms in total. The zero-order valence-corrected chi connectivity index (χ0v) is 29.1. The number of imidazole rings is 1. The maximum absolute atomic E-state index is 13.8. The van der Waals surface area contributed by atoms with E-state index in [1.54, 1.807) is 6.07 Å². The van der Waals surface area contributed by atoms with E-state index in [1.165, 1.54) is 36.1 Å². The highest BCUT2D eigenvalue weighted by Gasteiger charge is 2.44. The Morgan fingerprint density at radius 1 is 0.917 bits per heavy atom. The molecule has 0 radical (unpaired) electrons. The fraction of sp³-hybridized carbons (Fsp3) is 0.474. The summed E-state index contributed by atoms with van der Waals surface area (Å²) < 4.78 is 31.1. The molecule has 3 atom stereocenters. The average Bonchev–Trinajstić information content (AvgIpc) is 3.78. The van der Waals surface area contributed by atoms with Crippen LogP contribution in [-0.2, 0) is 15.4 Å². The van der Waals surface area contributed by atoms with Crippen molar-refractivity contribution in [3.05, 3.63) is 94.8 Å². The summed E-state index contributed by atoms with van der Waals surface area (Å²) in [6.45, 7) is 4.46. The molecule has 252 valence electrons. The van der Waals surface area contributed by atoms with Crippen molar-refractivity contribution < 1.29 is 13.2 Å². The second-order valence-corrected chi connectivity index (χ2v) is 16.6. The van der Waals surface area contributed by atoms with Crippen LogP contribution in [0.25, 0.3) is 11.0 Å². The standard InChI is InChI=1S/C38H44ClN5O3S/c1-26-40-34-9-5-6-10-35(34)44(26)32-24-30-14-15-31(25-32)43(30)22-19-38(28-7-3-2-4-8-28)17-20-42(21-18-38)37(45)27-11-16-33(39)36(23-27)48(46,47)41-29-12-13-29/h2-11,16,23,29-32,41H,12-15,17-22,24-25H2,1H3/t30-,31+,32?. The molecule has 3 saturated heterocycles. The van der Waals surface area contributed by atoms with Crippen LogP contribution in [0.1, 0.15) is 85.6 Å². The lowest BCUT2D eigenvalue weighted by Gasteiger charge is -2.45. The molecule has 8 rings (SSSR count). The number of para-hydroxylation sites is 2. The molecular weight excluding hydrogens is 642 g/mol. The minimum Gasteiger partial charge on any atom is -0.339 e. The third-order valence-electron chi connectivity index (χ3n) is 11.6. The Labute approximate surface area is 288 Å². The summed E-state index contributed by atoms with van der Waals surface area (Å²) >= 11 is 6.32. The van der Waals surface area contributed by atoms with Gasteiger partial charge in [0.2, 0.25) is 10.0 Å². The number of aromatic nitrogens is 2. The van der Waals surface area contributed by atoms with E-state index in [2.05, 4.69) is 75.7 Å². The molecule has 48 heavy (non-hydrogen) atoms. The molecular formula is C38H44ClN5O3S. The molecule has 4 heterocycles. The molecule has 4 aliphatic rings. The molecule has 1 aliphatic carbocycles. The lowest BCUT2D eigenvalue weighted by Crippen LogP contribution is -2.49. The molecule has 1 N–H and O–H groups in total. The fourth-order valence-corrected chi connectivity index (χ4v) is 10.7. The Hall–Kier alpha value is -3.24. The van der Waals surface area contributed by atoms with Crippen LogP contribution in [0.4, 0.5) is 0 Å². The monoisotopic (exact) mass is 685 g/mol. The van der Waals surface area contributed by atoms with Gasteiger partial charge in [-0.05, 0) is 113 Å². The Morgan fingerprint density at radius 3 is 2.31 bits per heavy atom. The van der Waals surface area contributed by atoms with Crippen LogP contribution >= 0.6 is 11.6 Å². The molecule has 1 saturated carbocycles. The van der Waals surface area contributed by atoms with Crippen LogP contribution in [0.15, 0.2) is 77.7 Å². The largest absolute Gasteiger partial charge is 0.339 e. The van der Waals surface area contributed by atoms with Gasteiger partial charge in [-0.15, -0.1) is 0 Å². The van der Waals surface area contributed by atoms with Gasteiger partial charge in [0.15, 0.2) is 0 Å². The summed E-state index contributed by atoms with van der Waals surface area (Å²) in [6.07, 6.45) is 9.28. The first-order chi connectivity index (χ1) is 23.2. The summed E-state index contributed by atoms with van der Waals surface area (Å²) in [5, 5.41) is 0.132. The molecule has 4 aromatic rings. The highest BCUT2D eigenvalue weighted by Crippen LogP contribution is 2.45. The first-order valence-electron chi connectivity index (χ1n) is 17.6. The maximum Gasteiger partial charge on any atom is 0.253 e. The van der Waals surface area contributed by atoms with Crippen molar-refractivity contribution in [1.29, 1.82) is 0 Å². The summed E-state index contributed by atoms with van der Waals surface area (Å²) in [5.41, 5.74) is 4.04. The molecule has 0 spiro atoms. The molecule has 2 bridgehead atoms. The van der Waals surface area contributed by atoms with Crippen LogP contribution in [0, 0.1) is 6.92 Å². The first kappa shape index (κ1) is 32.0. The zero-order valence-electron chi connectivity index (χ0n) is 27.5. The number of rotatable bonds is 9. The molecule has 3 aromatic carbocycles. The number of carbonyl (C=O) groups excluding carboxylic acids is 1. The predicted octanol–water partition coefficient (Wildman–Crippen LogP) is 6.87. The van der Waals surface area contributed by atoms with Crippen LogP contribution in [0.2, 0.25) is 5.02 Å². The number of carbonyl (C=O) groups is 1. The number of piperidine rings is 2. The first-order valence-corrected chi connectivity index (χ1v) is 19.4. The molecule has 10 heteroatoms. The van der Waals surface area contributed by atoms with Crippen LogP contribution in [0.5, 0.6) is 0 Å². The average molecular weight is 686 g/mol. The van der Waals surface area contributed by atoms with Gasteiger partial charge in [0.1, 0.15) is 10.7 Å². The highest BCUT2D eigenvalue weighted by atomic mass is 35.5. The number of hydrogen-bond acceptors (Lipinski definition) is 5. The summed E-state index contributed by atoms with van der Waals surface area (Å²) in [6, 6.07) is 25.6. The highest BCUT2D eigenvalue weighted by molar-refractivity contribution is 7.89. The van der Waals surface area contributed by atoms with Gasteiger partial charge in [0.25, 0.3) is 5.91 Å². The summed E-state index contributed by atoms with van der Waals surface area (Å²) in [5.74, 6) is 0.975. The third kappa shape index (κ3) is 5.97. The Bertz CT molecular complexity index is 1920. The van der Waals surface area contributed by atoms with Gasteiger partial charge in [0.05, 0.1) is 16.1 Å². The number of halogens is 1. The lowest BCUT2D eigenvalue weighted by atomic mass is 9.70. The SMILES string of the molecule is Cc1nc2ccccc2n1C1C[C@H]2CC[C@@H](C1)N2CCC1(c2ccccc2)CCN(C(=O)c2ccc(Cl)c(S(=O)(=O)NC3CC3)c2)CC1. The van der Waals surface area contributed by atoms with E-state index in [1.807, 2.05) is 4.90 Å². The number of benzene rings is 3. The number of nitrogens with zero attached hydrogens (tertiary/aromatic N) is 4. The van der Waals surface area contributed by atoms with E-state index in [4.69, 9.17) is 16.6 Å². The van der Waals surface area contributed by atoms with Crippen LogP contribution < -0.4 is 4.72 Å². The van der Waals surface area contributed by atoms with Gasteiger partial charge in [-0.3, -0.25) is 9.69 Å². The predicted molar refractivity (Wildman–Crippen MR) is 189 cm³/mol. The number of likely N-dealkylation sites (tertiary alicyclic amines) is 1. The second-order valence-electron chi connectivity index (χ2n) is 14.5. The summed E-state index contributed by atoms with van der Waals surface area (Å²) in [7, 11) is -3.78. The molecule has 1 unspecified atom stereocenters. The number of hydrogen-bond donors (Lipinski definition) is 1. The molecule has 1 amide bonds. The maximum atomic E-state index is 13.8. The minimum atomic E-state index is -3.78. The van der Waals surface area contributed by atoms with E-state index in [0.717, 1.165) is 62.8 Å². The van der Waals surface area contributed by atoms with Crippen LogP contribution in [-0.4, -0.2) is 71.4 Å². The molecule has 3 aliphatic heterocycles. The number of nitrogens with one attached hydrogen (secondary N) is 1. The van der Waals surface area contributed by atoms with Gasteiger partial charge in [-0.25, -0.2) is 18.1 Å². The van der Waals surface area contributed by atoms with Gasteiger partial charge in [-0.2, -0.15) is 0 Å². The third-order valence-corrected chi connectivity index (χ3v) is 13.6. The quantitative estimate of drug-likeness (QED) is 0.208. The van der Waals surface area contributed by atoms with Crippen molar-refractivity contribution in [3.8, 4) is 0 Å². The van der Waals surface area contributed by atoms with E-state index in [-0.39, 0.29) is 27.3 Å². The van der Waals surface area contributed by atoms with E-state index >= 15 is 0 Å². The number of amides is 1. The van der Waals surface area contributed by atoms with Crippen molar-refractivity contribution in [2.75, 3.05) is 19.6 Å². The van der Waals surface area contributed by atoms with Gasteiger partial charge < -0.3 is 9.47 Å². The number of aryl methyl sites for hydroxylation is 1. The zero-order chi connectivity index (χ0) is 33.0. The van der Waals surface area contributed by atoms with Crippen molar-refractivity contribution in [3.63, 3.8) is 0 Å². The van der Waals surface area contributed by atoms with E-state index in [0.29, 0.717) is 36.8 Å². The van der Waals surface area contributed by atoms with Crippen LogP contribution in [0.3, 0.4) is 0 Å². The van der Waals surface area contributed by atoms with Gasteiger partial charge in [-0.1, -0.05) is 54.1 Å². The fourth-order valence-electron chi connectivity index (χ4n) is 8.91. The Balaban J connectivity index is 0.967. The minimum absolute atomic E-state index is 0.0197. The second kappa shape index (κ2) is 12.6. The van der Waals surface area contributed by atoms with Crippen molar-refractivity contribution >= 4 is 38.6 Å².